The van der Waals surface area contributed by atoms with Gasteiger partial charge in [-0.05, 0) is 71.3 Å². The fraction of sp³-hybridized carbons (Fsp3) is 0.0476. The number of aryl methyl sites for hydroxylation is 1. The van der Waals surface area contributed by atoms with Crippen LogP contribution in [0.15, 0.2) is 138 Å². The molecule has 3 aromatic heterocycles. The van der Waals surface area contributed by atoms with Crippen molar-refractivity contribution in [1.82, 2.24) is 9.97 Å². The summed E-state index contributed by atoms with van der Waals surface area (Å²) < 4.78 is 29.0. The van der Waals surface area contributed by atoms with Crippen LogP contribution in [0.4, 0.5) is 11.4 Å². The van der Waals surface area contributed by atoms with E-state index in [2.05, 4.69) is 76.8 Å². The van der Waals surface area contributed by atoms with Gasteiger partial charge in [-0.15, -0.1) is 59.7 Å². The normalized spacial score (nSPS) is 12.4. The molecule has 5 aromatic carbocycles. The minimum Gasteiger partial charge on any atom is -0.456 e. The molecule has 0 saturated carbocycles. The zero-order valence-corrected chi connectivity index (χ0v) is 27.7. The van der Waals surface area contributed by atoms with E-state index in [4.69, 9.17) is 8.53 Å². The minimum absolute atomic E-state index is 0. The number of hydrogen-bond donors (Lipinski definition) is 1. The maximum Gasteiger partial charge on any atom is 0.137 e. The van der Waals surface area contributed by atoms with E-state index in [1.807, 2.05) is 66.7 Å². The molecule has 9 rings (SSSR count). The second-order valence-corrected chi connectivity index (χ2v) is 11.2. The maximum absolute atomic E-state index is 7.61. The van der Waals surface area contributed by atoms with Crippen LogP contribution in [-0.4, -0.2) is 9.97 Å². The summed E-state index contributed by atoms with van der Waals surface area (Å²) in [5.41, 5.74) is 12.9. The van der Waals surface area contributed by atoms with E-state index in [1.54, 1.807) is 18.3 Å². The molecule has 1 aliphatic heterocycles. The van der Waals surface area contributed by atoms with Crippen LogP contribution < -0.4 is 5.32 Å². The van der Waals surface area contributed by atoms with Gasteiger partial charge in [0.05, 0.1) is 0 Å². The topological polar surface area (TPSA) is 51.0 Å². The molecule has 1 aliphatic rings. The summed E-state index contributed by atoms with van der Waals surface area (Å²) in [4.78, 5) is 8.64. The third-order valence-electron chi connectivity index (χ3n) is 8.34. The van der Waals surface area contributed by atoms with Crippen LogP contribution in [0.3, 0.4) is 0 Å². The standard InChI is InChI=1S/C31H21N2O.C11H8N.Ir/c1-18-10-12-27(32-17-18)20-11-13-28-24(14-20)21-7-5-8-22(19(21)2)25-15-26-23-6-3-4-9-30(23)34-31(26)16-29(25)33-28;1-2-6-10(7-3-1)11-8-4-5-9-12-11;/h3-10,12-17,33H,1-2H3;1-6,8-9H;/q2*-1;/i1D3;;. The van der Waals surface area contributed by atoms with E-state index in [1.165, 1.54) is 11.8 Å². The van der Waals surface area contributed by atoms with Crippen molar-refractivity contribution in [3.63, 3.8) is 0 Å². The van der Waals surface area contributed by atoms with Gasteiger partial charge in [-0.2, -0.15) is 0 Å². The Balaban J connectivity index is 0.000000255. The molecular formula is C42H29IrN3O-2. The Hall–Kier alpha value is -5.35. The molecule has 1 N–H and O–H groups in total. The molecule has 0 unspecified atom stereocenters. The summed E-state index contributed by atoms with van der Waals surface area (Å²) in [5, 5.41) is 5.84. The number of para-hydroxylation sites is 1. The predicted molar refractivity (Wildman–Crippen MR) is 188 cm³/mol. The van der Waals surface area contributed by atoms with E-state index >= 15 is 0 Å². The Labute approximate surface area is 291 Å². The minimum atomic E-state index is -2.18. The Kier molecular flexibility index (Phi) is 7.31. The molecule has 0 fully saturated rings. The van der Waals surface area contributed by atoms with Gasteiger partial charge in [0, 0.05) is 64.7 Å². The van der Waals surface area contributed by atoms with Crippen molar-refractivity contribution in [3.8, 4) is 44.8 Å². The SMILES string of the molecule is [2H]C([2H])([2H])c1ccc(-c2[c-]cc3c(c2)-c2cccc(c2C)-c2cc4c(cc2N3)oc2ccccc24)nc1.[Ir].[c-]1ccccc1-c1ccccn1. The Morgan fingerprint density at radius 3 is 2.23 bits per heavy atom. The second-order valence-electron chi connectivity index (χ2n) is 11.2. The number of benzene rings is 5. The summed E-state index contributed by atoms with van der Waals surface area (Å²) in [6.45, 7) is -0.0254. The second kappa shape index (κ2) is 12.8. The van der Waals surface area contributed by atoms with Crippen LogP contribution in [0, 0.1) is 25.9 Å². The molecule has 4 heterocycles. The van der Waals surface area contributed by atoms with Crippen molar-refractivity contribution < 1.29 is 28.6 Å². The maximum atomic E-state index is 7.61. The first kappa shape index (κ1) is 26.8. The number of nitrogens with one attached hydrogen (secondary N) is 1. The monoisotopic (exact) mass is 787 g/mol. The molecule has 4 nitrogen and oxygen atoms in total. The van der Waals surface area contributed by atoms with Crippen molar-refractivity contribution >= 4 is 33.3 Å². The molecule has 229 valence electrons. The summed E-state index contributed by atoms with van der Waals surface area (Å²) in [5.74, 6) is 0. The van der Waals surface area contributed by atoms with Crippen LogP contribution >= 0.6 is 0 Å². The number of nitrogens with zero attached hydrogens (tertiary/aromatic N) is 2. The van der Waals surface area contributed by atoms with Gasteiger partial charge in [-0.1, -0.05) is 66.2 Å². The number of furan rings is 1. The van der Waals surface area contributed by atoms with Crippen LogP contribution in [0.5, 0.6) is 0 Å². The zero-order valence-electron chi connectivity index (χ0n) is 28.3. The number of rotatable bonds is 2. The number of pyridine rings is 2. The molecule has 2 bridgehead atoms. The summed E-state index contributed by atoms with van der Waals surface area (Å²) in [7, 11) is 0. The van der Waals surface area contributed by atoms with Gasteiger partial charge in [-0.3, -0.25) is 0 Å². The van der Waals surface area contributed by atoms with Crippen molar-refractivity contribution in [3.05, 3.63) is 157 Å². The van der Waals surface area contributed by atoms with Gasteiger partial charge in [0.2, 0.25) is 0 Å². The van der Waals surface area contributed by atoms with E-state index in [0.29, 0.717) is 5.69 Å². The summed E-state index contributed by atoms with van der Waals surface area (Å²) in [6, 6.07) is 46.3. The van der Waals surface area contributed by atoms with Gasteiger partial charge in [0.25, 0.3) is 0 Å². The van der Waals surface area contributed by atoms with Crippen molar-refractivity contribution in [2.24, 2.45) is 0 Å². The van der Waals surface area contributed by atoms with Crippen molar-refractivity contribution in [2.75, 3.05) is 5.32 Å². The number of anilines is 2. The molecule has 0 saturated heterocycles. The van der Waals surface area contributed by atoms with Crippen molar-refractivity contribution in [1.29, 1.82) is 0 Å². The Morgan fingerprint density at radius 2 is 1.47 bits per heavy atom. The molecule has 0 aliphatic carbocycles. The van der Waals surface area contributed by atoms with Gasteiger partial charge in [0.1, 0.15) is 11.2 Å². The number of aromatic nitrogens is 2. The molecule has 0 spiro atoms. The molecule has 1 radical (unpaired) electrons. The average molecular weight is 787 g/mol. The zero-order chi connectivity index (χ0) is 33.5. The predicted octanol–water partition coefficient (Wildman–Crippen LogP) is 11.0. The summed E-state index contributed by atoms with van der Waals surface area (Å²) >= 11 is 0. The summed E-state index contributed by atoms with van der Waals surface area (Å²) in [6.07, 6.45) is 3.21. The molecule has 5 heteroatoms. The van der Waals surface area contributed by atoms with Gasteiger partial charge >= 0.3 is 0 Å². The molecular weight excluding hydrogens is 755 g/mol. The molecule has 0 amide bonds. The number of hydrogen-bond acceptors (Lipinski definition) is 4. The van der Waals surface area contributed by atoms with E-state index in [0.717, 1.165) is 72.4 Å². The first-order valence-corrected chi connectivity index (χ1v) is 15.1. The quantitative estimate of drug-likeness (QED) is 0.177. The molecule has 0 atom stereocenters. The third-order valence-corrected chi connectivity index (χ3v) is 8.34. The van der Waals surface area contributed by atoms with E-state index < -0.39 is 6.85 Å². The van der Waals surface area contributed by atoms with Crippen LogP contribution in [-0.2, 0) is 20.1 Å². The Morgan fingerprint density at radius 1 is 0.660 bits per heavy atom. The molecule has 47 heavy (non-hydrogen) atoms. The smallest absolute Gasteiger partial charge is 0.137 e. The average Bonchev–Trinajstić information content (AvgIpc) is 3.50. The first-order chi connectivity index (χ1) is 23.8. The number of fused-ring (bicyclic) bond motifs is 9. The van der Waals surface area contributed by atoms with Gasteiger partial charge in [-0.25, -0.2) is 0 Å². The fourth-order valence-corrected chi connectivity index (χ4v) is 6.06. The van der Waals surface area contributed by atoms with E-state index in [-0.39, 0.29) is 25.7 Å². The van der Waals surface area contributed by atoms with E-state index in [9.17, 15) is 0 Å². The van der Waals surface area contributed by atoms with Crippen LogP contribution in [0.1, 0.15) is 15.2 Å². The Bertz CT molecular complexity index is 2420. The first-order valence-electron chi connectivity index (χ1n) is 16.6. The van der Waals surface area contributed by atoms with Gasteiger partial charge < -0.3 is 19.7 Å². The van der Waals surface area contributed by atoms with Gasteiger partial charge in [0.15, 0.2) is 0 Å². The third kappa shape index (κ3) is 5.76. The van der Waals surface area contributed by atoms with Crippen LogP contribution in [0.2, 0.25) is 0 Å². The fourth-order valence-electron chi connectivity index (χ4n) is 6.06. The van der Waals surface area contributed by atoms with Crippen LogP contribution in [0.25, 0.3) is 66.7 Å². The molecule has 8 aromatic rings. The largest absolute Gasteiger partial charge is 0.456 e. The van der Waals surface area contributed by atoms with Crippen molar-refractivity contribution in [2.45, 2.75) is 13.8 Å².